The Kier molecular flexibility index (Phi) is 6.99. The van der Waals surface area contributed by atoms with Crippen molar-refractivity contribution in [3.63, 3.8) is 0 Å². The summed E-state index contributed by atoms with van der Waals surface area (Å²) in [6.45, 7) is 7.10. The van der Waals surface area contributed by atoms with Crippen LogP contribution in [0, 0.1) is 24.2 Å². The molecule has 5 nitrogen and oxygen atoms in total. The van der Waals surface area contributed by atoms with Gasteiger partial charge in [-0.25, -0.2) is 0 Å². The van der Waals surface area contributed by atoms with E-state index in [2.05, 4.69) is 24.3 Å². The number of amides is 1. The highest BCUT2D eigenvalue weighted by atomic mass is 35.5. The third kappa shape index (κ3) is 5.21. The van der Waals surface area contributed by atoms with Crippen LogP contribution in [0.1, 0.15) is 30.7 Å². The van der Waals surface area contributed by atoms with Crippen molar-refractivity contribution in [3.05, 3.63) is 57.9 Å². The summed E-state index contributed by atoms with van der Waals surface area (Å²) in [5.74, 6) is -0.0177. The molecule has 1 aromatic heterocycles. The summed E-state index contributed by atoms with van der Waals surface area (Å²) in [4.78, 5) is 12.3. The molecular formula is C20H23ClN4O. The number of nitrogens with zero attached hydrogens (tertiary/aromatic N) is 3. The minimum atomic E-state index is -0.407. The molecule has 0 saturated carbocycles. The summed E-state index contributed by atoms with van der Waals surface area (Å²) < 4.78 is 1.70. The van der Waals surface area contributed by atoms with Gasteiger partial charge in [0, 0.05) is 18.7 Å². The molecule has 0 bridgehead atoms. The van der Waals surface area contributed by atoms with Gasteiger partial charge in [0.2, 0.25) is 0 Å². The van der Waals surface area contributed by atoms with Gasteiger partial charge in [-0.05, 0) is 30.9 Å². The molecule has 1 heterocycles. The number of nitrogens with one attached hydrogen (secondary N) is 1. The van der Waals surface area contributed by atoms with Crippen LogP contribution in [0.25, 0.3) is 6.08 Å². The van der Waals surface area contributed by atoms with Crippen LogP contribution >= 0.6 is 11.6 Å². The van der Waals surface area contributed by atoms with Crippen molar-refractivity contribution in [3.8, 4) is 6.07 Å². The van der Waals surface area contributed by atoms with Crippen LogP contribution in [0.5, 0.6) is 0 Å². The van der Waals surface area contributed by atoms with E-state index in [1.807, 2.05) is 43.3 Å². The third-order valence-corrected chi connectivity index (χ3v) is 4.24. The third-order valence-electron chi connectivity index (χ3n) is 3.84. The number of carbonyl (C=O) groups is 1. The van der Waals surface area contributed by atoms with Crippen molar-refractivity contribution in [2.24, 2.45) is 5.92 Å². The lowest BCUT2D eigenvalue weighted by molar-refractivity contribution is -0.117. The molecule has 1 amide bonds. The molecule has 1 aromatic carbocycles. The first kappa shape index (κ1) is 19.7. The molecule has 0 fully saturated rings. The van der Waals surface area contributed by atoms with Gasteiger partial charge in [-0.15, -0.1) is 0 Å². The summed E-state index contributed by atoms with van der Waals surface area (Å²) >= 11 is 6.38. The zero-order chi connectivity index (χ0) is 19.1. The molecular weight excluding hydrogens is 348 g/mol. The van der Waals surface area contributed by atoms with E-state index in [1.165, 1.54) is 6.08 Å². The van der Waals surface area contributed by atoms with Gasteiger partial charge in [0.25, 0.3) is 5.91 Å². The Hall–Kier alpha value is -2.58. The number of halogens is 1. The maximum absolute atomic E-state index is 12.3. The summed E-state index contributed by atoms with van der Waals surface area (Å²) in [6, 6.07) is 11.8. The van der Waals surface area contributed by atoms with E-state index >= 15 is 0 Å². The maximum Gasteiger partial charge on any atom is 0.261 e. The largest absolute Gasteiger partial charge is 0.351 e. The van der Waals surface area contributed by atoms with Gasteiger partial charge < -0.3 is 5.32 Å². The fourth-order valence-electron chi connectivity index (χ4n) is 2.55. The van der Waals surface area contributed by atoms with Gasteiger partial charge >= 0.3 is 0 Å². The summed E-state index contributed by atoms with van der Waals surface area (Å²) in [6.07, 6.45) is 2.22. The predicted molar refractivity (Wildman–Crippen MR) is 104 cm³/mol. The number of carbonyl (C=O) groups excluding carboxylic acids is 1. The van der Waals surface area contributed by atoms with Crippen molar-refractivity contribution >= 4 is 23.6 Å². The number of benzene rings is 1. The van der Waals surface area contributed by atoms with E-state index in [4.69, 9.17) is 11.6 Å². The van der Waals surface area contributed by atoms with Crippen molar-refractivity contribution in [2.45, 2.75) is 33.7 Å². The summed E-state index contributed by atoms with van der Waals surface area (Å²) in [5.41, 5.74) is 2.46. The zero-order valence-corrected chi connectivity index (χ0v) is 16.0. The predicted octanol–water partition coefficient (Wildman–Crippen LogP) is 3.77. The Labute approximate surface area is 159 Å². The van der Waals surface area contributed by atoms with Crippen LogP contribution in [0.2, 0.25) is 5.15 Å². The van der Waals surface area contributed by atoms with E-state index < -0.39 is 5.91 Å². The highest BCUT2D eigenvalue weighted by molar-refractivity contribution is 6.31. The molecule has 0 radical (unpaired) electrons. The Balaban J connectivity index is 2.08. The first-order chi connectivity index (χ1) is 12.4. The maximum atomic E-state index is 12.3. The van der Waals surface area contributed by atoms with Crippen molar-refractivity contribution in [1.82, 2.24) is 15.1 Å². The van der Waals surface area contributed by atoms with Gasteiger partial charge in [-0.3, -0.25) is 9.48 Å². The number of hydrogen-bond acceptors (Lipinski definition) is 3. The van der Waals surface area contributed by atoms with E-state index in [1.54, 1.807) is 4.68 Å². The molecule has 2 aromatic rings. The fourth-order valence-corrected chi connectivity index (χ4v) is 2.85. The lowest BCUT2D eigenvalue weighted by Gasteiger charge is -2.06. The molecule has 0 saturated heterocycles. The molecule has 0 aliphatic carbocycles. The fraction of sp³-hybridized carbons (Fsp3) is 0.350. The lowest BCUT2D eigenvalue weighted by atomic mass is 10.1. The average molecular weight is 371 g/mol. The zero-order valence-electron chi connectivity index (χ0n) is 15.3. The monoisotopic (exact) mass is 370 g/mol. The molecule has 26 heavy (non-hydrogen) atoms. The Morgan fingerprint density at radius 3 is 2.69 bits per heavy atom. The first-order valence-corrected chi connectivity index (χ1v) is 8.97. The van der Waals surface area contributed by atoms with Crippen molar-refractivity contribution in [2.75, 3.05) is 6.54 Å². The second-order valence-corrected chi connectivity index (χ2v) is 6.89. The highest BCUT2D eigenvalue weighted by Gasteiger charge is 2.16. The van der Waals surface area contributed by atoms with Crippen LogP contribution in [-0.2, 0) is 17.8 Å². The van der Waals surface area contributed by atoms with Crippen LogP contribution < -0.4 is 5.32 Å². The first-order valence-electron chi connectivity index (χ1n) is 8.59. The molecule has 0 atom stereocenters. The van der Waals surface area contributed by atoms with Gasteiger partial charge in [-0.2, -0.15) is 10.4 Å². The van der Waals surface area contributed by atoms with E-state index in [0.717, 1.165) is 5.56 Å². The van der Waals surface area contributed by atoms with Gasteiger partial charge in [0.15, 0.2) is 0 Å². The molecule has 136 valence electrons. The van der Waals surface area contributed by atoms with Crippen LogP contribution in [0.15, 0.2) is 35.9 Å². The SMILES string of the molecule is Cc1nn(CC(C)C)c(Cl)c1/C=C(\C#N)C(=O)NCCc1ccccc1. The van der Waals surface area contributed by atoms with Gasteiger partial charge in [-0.1, -0.05) is 55.8 Å². The minimum Gasteiger partial charge on any atom is -0.351 e. The Bertz CT molecular complexity index is 831. The van der Waals surface area contributed by atoms with Crippen molar-refractivity contribution in [1.29, 1.82) is 5.26 Å². The smallest absolute Gasteiger partial charge is 0.261 e. The topological polar surface area (TPSA) is 70.7 Å². The molecule has 0 aliphatic rings. The number of rotatable bonds is 7. The Morgan fingerprint density at radius 1 is 1.38 bits per heavy atom. The molecule has 0 unspecified atom stereocenters. The number of nitriles is 1. The molecule has 1 N–H and O–H groups in total. The second-order valence-electron chi connectivity index (χ2n) is 6.53. The number of hydrogen-bond donors (Lipinski definition) is 1. The van der Waals surface area contributed by atoms with Gasteiger partial charge in [0.1, 0.15) is 16.8 Å². The number of aromatic nitrogens is 2. The Morgan fingerprint density at radius 2 is 2.08 bits per heavy atom. The summed E-state index contributed by atoms with van der Waals surface area (Å²) in [7, 11) is 0. The van der Waals surface area contributed by atoms with E-state index in [0.29, 0.717) is 41.8 Å². The average Bonchev–Trinajstić information content (AvgIpc) is 2.86. The molecule has 0 aliphatic heterocycles. The van der Waals surface area contributed by atoms with Crippen molar-refractivity contribution < 1.29 is 4.79 Å². The quantitative estimate of drug-likeness (QED) is 0.595. The number of aryl methyl sites for hydroxylation is 1. The molecule has 6 heteroatoms. The van der Waals surface area contributed by atoms with E-state index in [9.17, 15) is 10.1 Å². The van der Waals surface area contributed by atoms with Gasteiger partial charge in [0.05, 0.1) is 5.69 Å². The van der Waals surface area contributed by atoms with Crippen LogP contribution in [0.3, 0.4) is 0 Å². The second kappa shape index (κ2) is 9.21. The van der Waals surface area contributed by atoms with E-state index in [-0.39, 0.29) is 5.57 Å². The van der Waals surface area contributed by atoms with Crippen LogP contribution in [-0.4, -0.2) is 22.2 Å². The molecule has 2 rings (SSSR count). The normalized spacial score (nSPS) is 11.5. The lowest BCUT2D eigenvalue weighted by Crippen LogP contribution is -2.26. The highest BCUT2D eigenvalue weighted by Crippen LogP contribution is 2.23. The van der Waals surface area contributed by atoms with Crippen LogP contribution in [0.4, 0.5) is 0 Å². The molecule has 0 spiro atoms. The standard InChI is InChI=1S/C20H23ClN4O/c1-14(2)13-25-19(21)18(15(3)24-25)11-17(12-22)20(26)23-10-9-16-7-5-4-6-8-16/h4-8,11,14H,9-10,13H2,1-3H3,(H,23,26)/b17-11+. The summed E-state index contributed by atoms with van der Waals surface area (Å²) in [5, 5.41) is 17.0. The minimum absolute atomic E-state index is 0.0205.